The molecule has 4 rings (SSSR count). The Balaban J connectivity index is 1.56. The summed E-state index contributed by atoms with van der Waals surface area (Å²) in [6, 6.07) is 29.8. The van der Waals surface area contributed by atoms with Gasteiger partial charge in [-0.1, -0.05) is 65.7 Å². The molecule has 3 nitrogen and oxygen atoms in total. The van der Waals surface area contributed by atoms with Crippen molar-refractivity contribution >= 4 is 40.8 Å². The summed E-state index contributed by atoms with van der Waals surface area (Å²) < 4.78 is 6.11. The Morgan fingerprint density at radius 2 is 1.36 bits per heavy atom. The molecule has 0 spiro atoms. The van der Waals surface area contributed by atoms with E-state index in [4.69, 9.17) is 33.0 Å². The number of ether oxygens (including phenoxy) is 1. The molecular formula is C28H24Cl2N2O. The number of para-hydroxylation sites is 2. The number of anilines is 2. The maximum atomic E-state index is 6.29. The highest BCUT2D eigenvalue weighted by atomic mass is 35.5. The first-order chi connectivity index (χ1) is 16.0. The second-order valence-corrected chi connectivity index (χ2v) is 8.58. The minimum Gasteiger partial charge on any atom is -0.488 e. The molecule has 33 heavy (non-hydrogen) atoms. The second kappa shape index (κ2) is 10.6. The molecule has 0 heterocycles. The van der Waals surface area contributed by atoms with Crippen LogP contribution in [0, 0.1) is 13.8 Å². The van der Waals surface area contributed by atoms with Gasteiger partial charge in [-0.2, -0.15) is 5.10 Å². The van der Waals surface area contributed by atoms with E-state index >= 15 is 0 Å². The van der Waals surface area contributed by atoms with Gasteiger partial charge in [-0.25, -0.2) is 5.01 Å². The predicted octanol–water partition coefficient (Wildman–Crippen LogP) is 8.36. The molecule has 0 atom stereocenters. The van der Waals surface area contributed by atoms with Crippen molar-refractivity contribution < 1.29 is 4.74 Å². The van der Waals surface area contributed by atoms with Crippen LogP contribution in [0.3, 0.4) is 0 Å². The van der Waals surface area contributed by atoms with E-state index in [2.05, 4.69) is 12.1 Å². The average molecular weight is 475 g/mol. The lowest BCUT2D eigenvalue weighted by Crippen LogP contribution is -2.09. The molecule has 0 aliphatic rings. The molecule has 0 aliphatic heterocycles. The number of nitrogens with zero attached hydrogens (tertiary/aromatic N) is 2. The molecule has 0 aliphatic carbocycles. The predicted molar refractivity (Wildman–Crippen MR) is 139 cm³/mol. The number of hydrogen-bond acceptors (Lipinski definition) is 3. The van der Waals surface area contributed by atoms with E-state index in [0.717, 1.165) is 39.4 Å². The molecule has 166 valence electrons. The van der Waals surface area contributed by atoms with Gasteiger partial charge in [-0.05, 0) is 79.1 Å². The van der Waals surface area contributed by atoms with Gasteiger partial charge in [0.25, 0.3) is 0 Å². The maximum Gasteiger partial charge on any atom is 0.125 e. The van der Waals surface area contributed by atoms with Crippen LogP contribution in [0.15, 0.2) is 96.1 Å². The minimum atomic E-state index is 0.376. The number of aryl methyl sites for hydroxylation is 2. The molecule has 0 fully saturated rings. The van der Waals surface area contributed by atoms with Gasteiger partial charge in [0, 0.05) is 15.6 Å². The minimum absolute atomic E-state index is 0.376. The van der Waals surface area contributed by atoms with Gasteiger partial charge in [0.1, 0.15) is 12.4 Å². The van der Waals surface area contributed by atoms with Crippen molar-refractivity contribution in [3.8, 4) is 5.75 Å². The number of hydrazone groups is 1. The fraction of sp³-hybridized carbons (Fsp3) is 0.107. The summed E-state index contributed by atoms with van der Waals surface area (Å²) in [5.41, 5.74) is 5.95. The third-order valence-electron chi connectivity index (χ3n) is 5.19. The van der Waals surface area contributed by atoms with Crippen molar-refractivity contribution in [3.63, 3.8) is 0 Å². The molecule has 0 saturated heterocycles. The van der Waals surface area contributed by atoms with Gasteiger partial charge < -0.3 is 4.74 Å². The van der Waals surface area contributed by atoms with Crippen molar-refractivity contribution in [2.24, 2.45) is 5.10 Å². The first-order valence-corrected chi connectivity index (χ1v) is 11.4. The van der Waals surface area contributed by atoms with E-state index in [1.165, 1.54) is 0 Å². The first-order valence-electron chi connectivity index (χ1n) is 10.6. The topological polar surface area (TPSA) is 24.8 Å². The van der Waals surface area contributed by atoms with Crippen LogP contribution in [0.25, 0.3) is 0 Å². The van der Waals surface area contributed by atoms with Crippen molar-refractivity contribution in [2.75, 3.05) is 5.01 Å². The maximum absolute atomic E-state index is 6.29. The third kappa shape index (κ3) is 5.75. The fourth-order valence-electron chi connectivity index (χ4n) is 3.62. The fourth-order valence-corrected chi connectivity index (χ4v) is 4.08. The van der Waals surface area contributed by atoms with E-state index in [1.54, 1.807) is 6.07 Å². The SMILES string of the molecule is Cc1cc(/C=N\N(c2ccccc2)c2ccccc2)cc(C)c1OCc1ccc(Cl)cc1Cl. The summed E-state index contributed by atoms with van der Waals surface area (Å²) in [6.07, 6.45) is 1.87. The Labute approximate surface area is 204 Å². The van der Waals surface area contributed by atoms with Crippen LogP contribution < -0.4 is 9.75 Å². The van der Waals surface area contributed by atoms with Crippen LogP contribution in [0.1, 0.15) is 22.3 Å². The monoisotopic (exact) mass is 474 g/mol. The average Bonchev–Trinajstić information content (AvgIpc) is 2.81. The number of halogens is 2. The summed E-state index contributed by atoms with van der Waals surface area (Å²) in [5.74, 6) is 0.848. The van der Waals surface area contributed by atoms with Crippen LogP contribution in [0.4, 0.5) is 11.4 Å². The summed E-state index contributed by atoms with van der Waals surface area (Å²) >= 11 is 12.3. The zero-order chi connectivity index (χ0) is 23.2. The van der Waals surface area contributed by atoms with E-state index in [0.29, 0.717) is 16.7 Å². The van der Waals surface area contributed by atoms with Crippen LogP contribution >= 0.6 is 23.2 Å². The Morgan fingerprint density at radius 1 is 0.788 bits per heavy atom. The van der Waals surface area contributed by atoms with E-state index in [-0.39, 0.29) is 0 Å². The quantitative estimate of drug-likeness (QED) is 0.198. The Morgan fingerprint density at radius 3 is 1.91 bits per heavy atom. The van der Waals surface area contributed by atoms with Crippen molar-refractivity contribution in [2.45, 2.75) is 20.5 Å². The largest absolute Gasteiger partial charge is 0.488 e. The zero-order valence-corrected chi connectivity index (χ0v) is 20.0. The molecular weight excluding hydrogens is 451 g/mol. The van der Waals surface area contributed by atoms with E-state index < -0.39 is 0 Å². The van der Waals surface area contributed by atoms with Crippen LogP contribution in [-0.4, -0.2) is 6.21 Å². The summed E-state index contributed by atoms with van der Waals surface area (Å²) in [5, 5.41) is 7.94. The highest BCUT2D eigenvalue weighted by Gasteiger charge is 2.10. The highest BCUT2D eigenvalue weighted by molar-refractivity contribution is 6.35. The molecule has 0 radical (unpaired) electrons. The molecule has 0 bridgehead atoms. The third-order valence-corrected chi connectivity index (χ3v) is 5.78. The Kier molecular flexibility index (Phi) is 7.33. The van der Waals surface area contributed by atoms with Gasteiger partial charge in [-0.15, -0.1) is 0 Å². The molecule has 0 aromatic heterocycles. The Bertz CT molecular complexity index is 1200. The molecule has 0 amide bonds. The molecule has 4 aromatic carbocycles. The van der Waals surface area contributed by atoms with Crippen LogP contribution in [0.2, 0.25) is 10.0 Å². The second-order valence-electron chi connectivity index (χ2n) is 7.74. The molecule has 0 saturated carbocycles. The van der Waals surface area contributed by atoms with Gasteiger partial charge in [0.15, 0.2) is 0 Å². The molecule has 4 aromatic rings. The molecule has 0 N–H and O–H groups in total. The van der Waals surface area contributed by atoms with Gasteiger partial charge >= 0.3 is 0 Å². The van der Waals surface area contributed by atoms with Crippen molar-refractivity contribution in [3.05, 3.63) is 123 Å². The molecule has 5 heteroatoms. The molecule has 0 unspecified atom stereocenters. The van der Waals surface area contributed by atoms with Crippen molar-refractivity contribution in [1.29, 1.82) is 0 Å². The normalized spacial score (nSPS) is 11.0. The zero-order valence-electron chi connectivity index (χ0n) is 18.5. The number of hydrogen-bond donors (Lipinski definition) is 0. The van der Waals surface area contributed by atoms with Crippen LogP contribution in [-0.2, 0) is 6.61 Å². The lowest BCUT2D eigenvalue weighted by atomic mass is 10.1. The highest BCUT2D eigenvalue weighted by Crippen LogP contribution is 2.29. The van der Waals surface area contributed by atoms with Gasteiger partial charge in [0.2, 0.25) is 0 Å². The number of benzene rings is 4. The summed E-state index contributed by atoms with van der Waals surface area (Å²) in [7, 11) is 0. The lowest BCUT2D eigenvalue weighted by Gasteiger charge is -2.19. The summed E-state index contributed by atoms with van der Waals surface area (Å²) in [6.45, 7) is 4.45. The first kappa shape index (κ1) is 22.9. The Hall–Kier alpha value is -3.27. The summed E-state index contributed by atoms with van der Waals surface area (Å²) in [4.78, 5) is 0. The lowest BCUT2D eigenvalue weighted by molar-refractivity contribution is 0.302. The standard InChI is InChI=1S/C28H24Cl2N2O/c1-20-15-22(16-21(2)28(20)33-19-23-13-14-24(29)17-27(23)30)18-31-32(25-9-5-3-6-10-25)26-11-7-4-8-12-26/h3-18H,19H2,1-2H3/b31-18-. The van der Waals surface area contributed by atoms with E-state index in [9.17, 15) is 0 Å². The smallest absolute Gasteiger partial charge is 0.125 e. The number of rotatable bonds is 7. The van der Waals surface area contributed by atoms with Gasteiger partial charge in [-0.3, -0.25) is 0 Å². The van der Waals surface area contributed by atoms with Gasteiger partial charge in [0.05, 0.1) is 17.6 Å². The van der Waals surface area contributed by atoms with E-state index in [1.807, 2.05) is 97.9 Å². The van der Waals surface area contributed by atoms with Crippen molar-refractivity contribution in [1.82, 2.24) is 0 Å². The van der Waals surface area contributed by atoms with Crippen LogP contribution in [0.5, 0.6) is 5.75 Å².